The zero-order valence-electron chi connectivity index (χ0n) is 9.45. The Morgan fingerprint density at radius 1 is 1.00 bits per heavy atom. The summed E-state index contributed by atoms with van der Waals surface area (Å²) in [7, 11) is 1.92. The maximum absolute atomic E-state index is 6.23. The first-order valence-electron chi connectivity index (χ1n) is 5.39. The lowest BCUT2D eigenvalue weighted by Crippen LogP contribution is -2.17. The van der Waals surface area contributed by atoms with Crippen LogP contribution >= 0.6 is 23.2 Å². The summed E-state index contributed by atoms with van der Waals surface area (Å²) in [6.07, 6.45) is 0. The minimum atomic E-state index is 0.0842. The third kappa shape index (κ3) is 2.81. The molecule has 0 aliphatic rings. The van der Waals surface area contributed by atoms with E-state index in [1.54, 1.807) is 6.07 Å². The number of benzene rings is 2. The summed E-state index contributed by atoms with van der Waals surface area (Å²) in [6, 6.07) is 15.9. The van der Waals surface area contributed by atoms with Crippen LogP contribution in [-0.4, -0.2) is 7.05 Å². The molecule has 0 fully saturated rings. The van der Waals surface area contributed by atoms with E-state index in [2.05, 4.69) is 17.4 Å². The van der Waals surface area contributed by atoms with Gasteiger partial charge >= 0.3 is 0 Å². The second-order valence-electron chi connectivity index (χ2n) is 3.80. The Hall–Kier alpha value is -1.02. The molecule has 2 rings (SSSR count). The fourth-order valence-electron chi connectivity index (χ4n) is 1.88. The van der Waals surface area contributed by atoms with Gasteiger partial charge in [0.1, 0.15) is 0 Å². The lowest BCUT2D eigenvalue weighted by molar-refractivity contribution is 0.692. The van der Waals surface area contributed by atoms with Crippen LogP contribution < -0.4 is 5.32 Å². The highest BCUT2D eigenvalue weighted by Gasteiger charge is 2.14. The van der Waals surface area contributed by atoms with Gasteiger partial charge in [-0.05, 0) is 30.3 Å². The maximum Gasteiger partial charge on any atom is 0.0589 e. The van der Waals surface area contributed by atoms with Crippen LogP contribution in [0.5, 0.6) is 0 Å². The molecule has 0 saturated carbocycles. The highest BCUT2D eigenvalue weighted by molar-refractivity contribution is 6.35. The Morgan fingerprint density at radius 3 is 2.29 bits per heavy atom. The van der Waals surface area contributed by atoms with Gasteiger partial charge in [0.25, 0.3) is 0 Å². The van der Waals surface area contributed by atoms with Crippen LogP contribution in [-0.2, 0) is 0 Å². The standard InChI is InChI=1S/C14H13Cl2N/c1-17-14(10-5-3-2-4-6-10)12-8-7-11(15)9-13(12)16/h2-9,14,17H,1H3. The van der Waals surface area contributed by atoms with Gasteiger partial charge in [-0.3, -0.25) is 0 Å². The first-order chi connectivity index (χ1) is 8.22. The maximum atomic E-state index is 6.23. The van der Waals surface area contributed by atoms with E-state index in [0.29, 0.717) is 10.0 Å². The smallest absolute Gasteiger partial charge is 0.0589 e. The molecule has 0 aliphatic carbocycles. The van der Waals surface area contributed by atoms with Crippen LogP contribution in [0, 0.1) is 0 Å². The number of rotatable bonds is 3. The van der Waals surface area contributed by atoms with Crippen LogP contribution in [0.1, 0.15) is 17.2 Å². The Labute approximate surface area is 111 Å². The Balaban J connectivity index is 2.42. The predicted molar refractivity (Wildman–Crippen MR) is 73.8 cm³/mol. The van der Waals surface area contributed by atoms with Crippen molar-refractivity contribution in [1.29, 1.82) is 0 Å². The molecule has 2 aromatic carbocycles. The van der Waals surface area contributed by atoms with Crippen molar-refractivity contribution in [2.75, 3.05) is 7.05 Å². The lowest BCUT2D eigenvalue weighted by Gasteiger charge is -2.18. The second kappa shape index (κ2) is 5.54. The van der Waals surface area contributed by atoms with Crippen molar-refractivity contribution >= 4 is 23.2 Å². The van der Waals surface area contributed by atoms with Crippen molar-refractivity contribution in [2.24, 2.45) is 0 Å². The normalized spacial score (nSPS) is 12.4. The van der Waals surface area contributed by atoms with Crippen LogP contribution in [0.15, 0.2) is 48.5 Å². The number of hydrogen-bond acceptors (Lipinski definition) is 1. The summed E-state index contributed by atoms with van der Waals surface area (Å²) < 4.78 is 0. The molecule has 1 nitrogen and oxygen atoms in total. The molecule has 1 unspecified atom stereocenters. The van der Waals surface area contributed by atoms with E-state index in [1.807, 2.05) is 37.4 Å². The van der Waals surface area contributed by atoms with Gasteiger partial charge in [0.15, 0.2) is 0 Å². The molecule has 0 aromatic heterocycles. The van der Waals surface area contributed by atoms with Gasteiger partial charge in [-0.25, -0.2) is 0 Å². The van der Waals surface area contributed by atoms with E-state index in [4.69, 9.17) is 23.2 Å². The number of nitrogens with one attached hydrogen (secondary N) is 1. The van der Waals surface area contributed by atoms with E-state index >= 15 is 0 Å². The molecule has 17 heavy (non-hydrogen) atoms. The summed E-state index contributed by atoms with van der Waals surface area (Å²) >= 11 is 12.1. The molecule has 0 radical (unpaired) electrons. The molecular formula is C14H13Cl2N. The van der Waals surface area contributed by atoms with E-state index < -0.39 is 0 Å². The Morgan fingerprint density at radius 2 is 1.71 bits per heavy atom. The van der Waals surface area contributed by atoms with Crippen LogP contribution in [0.25, 0.3) is 0 Å². The average Bonchev–Trinajstić information content (AvgIpc) is 2.34. The molecule has 88 valence electrons. The Bertz CT molecular complexity index is 497. The molecule has 1 atom stereocenters. The molecule has 0 aliphatic heterocycles. The quantitative estimate of drug-likeness (QED) is 0.873. The number of hydrogen-bond donors (Lipinski definition) is 1. The summed E-state index contributed by atoms with van der Waals surface area (Å²) in [6.45, 7) is 0. The second-order valence-corrected chi connectivity index (χ2v) is 4.64. The molecule has 0 amide bonds. The molecule has 2 aromatic rings. The lowest BCUT2D eigenvalue weighted by atomic mass is 9.99. The fraction of sp³-hybridized carbons (Fsp3) is 0.143. The van der Waals surface area contributed by atoms with Gasteiger partial charge in [0.05, 0.1) is 6.04 Å². The molecule has 0 heterocycles. The minimum Gasteiger partial charge on any atom is -0.309 e. The topological polar surface area (TPSA) is 12.0 Å². The van der Waals surface area contributed by atoms with E-state index in [1.165, 1.54) is 5.56 Å². The van der Waals surface area contributed by atoms with Crippen molar-refractivity contribution in [1.82, 2.24) is 5.32 Å². The fourth-order valence-corrected chi connectivity index (χ4v) is 2.40. The van der Waals surface area contributed by atoms with E-state index in [0.717, 1.165) is 5.56 Å². The summed E-state index contributed by atoms with van der Waals surface area (Å²) in [5, 5.41) is 4.60. The van der Waals surface area contributed by atoms with Crippen molar-refractivity contribution in [3.63, 3.8) is 0 Å². The average molecular weight is 266 g/mol. The molecule has 0 spiro atoms. The van der Waals surface area contributed by atoms with Crippen molar-refractivity contribution in [3.05, 3.63) is 69.7 Å². The van der Waals surface area contributed by atoms with Gasteiger partial charge in [0.2, 0.25) is 0 Å². The molecule has 3 heteroatoms. The van der Waals surface area contributed by atoms with Crippen molar-refractivity contribution < 1.29 is 0 Å². The largest absolute Gasteiger partial charge is 0.309 e. The Kier molecular flexibility index (Phi) is 4.06. The first-order valence-corrected chi connectivity index (χ1v) is 6.15. The monoisotopic (exact) mass is 265 g/mol. The van der Waals surface area contributed by atoms with E-state index in [-0.39, 0.29) is 6.04 Å². The third-order valence-corrected chi connectivity index (χ3v) is 3.26. The molecular weight excluding hydrogens is 253 g/mol. The molecule has 0 bridgehead atoms. The van der Waals surface area contributed by atoms with Crippen molar-refractivity contribution in [2.45, 2.75) is 6.04 Å². The van der Waals surface area contributed by atoms with Crippen molar-refractivity contribution in [3.8, 4) is 0 Å². The summed E-state index contributed by atoms with van der Waals surface area (Å²) in [5.74, 6) is 0. The van der Waals surface area contributed by atoms with Gasteiger partial charge in [0, 0.05) is 10.0 Å². The third-order valence-electron chi connectivity index (χ3n) is 2.70. The predicted octanol–water partition coefficient (Wildman–Crippen LogP) is 4.30. The van der Waals surface area contributed by atoms with Gasteiger partial charge in [-0.1, -0.05) is 59.6 Å². The zero-order valence-corrected chi connectivity index (χ0v) is 11.0. The first kappa shape index (κ1) is 12.4. The molecule has 1 N–H and O–H groups in total. The van der Waals surface area contributed by atoms with Crippen LogP contribution in [0.3, 0.4) is 0 Å². The highest BCUT2D eigenvalue weighted by Crippen LogP contribution is 2.30. The van der Waals surface area contributed by atoms with Crippen LogP contribution in [0.2, 0.25) is 10.0 Å². The number of halogens is 2. The summed E-state index contributed by atoms with van der Waals surface area (Å²) in [5.41, 5.74) is 2.21. The minimum absolute atomic E-state index is 0.0842. The highest BCUT2D eigenvalue weighted by atomic mass is 35.5. The van der Waals surface area contributed by atoms with Crippen LogP contribution in [0.4, 0.5) is 0 Å². The zero-order chi connectivity index (χ0) is 12.3. The van der Waals surface area contributed by atoms with Gasteiger partial charge < -0.3 is 5.32 Å². The molecule has 0 saturated heterocycles. The van der Waals surface area contributed by atoms with E-state index in [9.17, 15) is 0 Å². The van der Waals surface area contributed by atoms with Gasteiger partial charge in [-0.15, -0.1) is 0 Å². The van der Waals surface area contributed by atoms with Gasteiger partial charge in [-0.2, -0.15) is 0 Å². The summed E-state index contributed by atoms with van der Waals surface area (Å²) in [4.78, 5) is 0. The SMILES string of the molecule is CNC(c1ccccc1)c1ccc(Cl)cc1Cl.